The summed E-state index contributed by atoms with van der Waals surface area (Å²) in [5.41, 5.74) is 0.798. The van der Waals surface area contributed by atoms with E-state index in [1.54, 1.807) is 0 Å². The number of rotatable bonds is 9. The van der Waals surface area contributed by atoms with Crippen LogP contribution in [-0.4, -0.2) is 5.78 Å². The normalized spacial score (nSPS) is 11.8. The quantitative estimate of drug-likeness (QED) is 0.568. The monoisotopic (exact) mass is 335 g/mol. The van der Waals surface area contributed by atoms with Crippen molar-refractivity contribution in [3.8, 4) is 6.07 Å². The van der Waals surface area contributed by atoms with Crippen LogP contribution in [0.2, 0.25) is 0 Å². The number of nitriles is 1. The SMILES string of the molecule is CCCCCCCCC(=O)C(C#N)c1ccc(Br)cc1. The van der Waals surface area contributed by atoms with Crippen LogP contribution in [0.3, 0.4) is 0 Å². The summed E-state index contributed by atoms with van der Waals surface area (Å²) in [7, 11) is 0. The van der Waals surface area contributed by atoms with Crippen molar-refractivity contribution in [3.63, 3.8) is 0 Å². The van der Waals surface area contributed by atoms with Crippen molar-refractivity contribution in [2.24, 2.45) is 0 Å². The molecule has 0 saturated carbocycles. The lowest BCUT2D eigenvalue weighted by atomic mass is 9.93. The van der Waals surface area contributed by atoms with Gasteiger partial charge in [0.05, 0.1) is 6.07 Å². The zero-order chi connectivity index (χ0) is 14.8. The second-order valence-corrected chi connectivity index (χ2v) is 6.01. The minimum Gasteiger partial charge on any atom is -0.298 e. The van der Waals surface area contributed by atoms with E-state index in [1.807, 2.05) is 24.3 Å². The maximum absolute atomic E-state index is 12.1. The third-order valence-electron chi connectivity index (χ3n) is 3.43. The number of ketones is 1. The first-order chi connectivity index (χ1) is 9.69. The van der Waals surface area contributed by atoms with Crippen LogP contribution in [0, 0.1) is 11.3 Å². The Labute approximate surface area is 130 Å². The van der Waals surface area contributed by atoms with Gasteiger partial charge in [0, 0.05) is 10.9 Å². The molecule has 108 valence electrons. The van der Waals surface area contributed by atoms with Gasteiger partial charge in [-0.25, -0.2) is 0 Å². The van der Waals surface area contributed by atoms with Gasteiger partial charge in [-0.2, -0.15) is 5.26 Å². The first-order valence-electron chi connectivity index (χ1n) is 7.36. The Hall–Kier alpha value is -1.14. The topological polar surface area (TPSA) is 40.9 Å². The van der Waals surface area contributed by atoms with Crippen molar-refractivity contribution in [2.75, 3.05) is 0 Å². The van der Waals surface area contributed by atoms with E-state index in [2.05, 4.69) is 28.9 Å². The van der Waals surface area contributed by atoms with E-state index in [4.69, 9.17) is 0 Å². The van der Waals surface area contributed by atoms with Crippen molar-refractivity contribution < 1.29 is 4.79 Å². The molecule has 0 aliphatic carbocycles. The van der Waals surface area contributed by atoms with E-state index in [1.165, 1.54) is 25.7 Å². The smallest absolute Gasteiger partial charge is 0.154 e. The first-order valence-corrected chi connectivity index (χ1v) is 8.16. The molecule has 2 nitrogen and oxygen atoms in total. The Morgan fingerprint density at radius 3 is 2.35 bits per heavy atom. The molecule has 0 aliphatic rings. The first kappa shape index (κ1) is 16.9. The molecule has 0 radical (unpaired) electrons. The number of unbranched alkanes of at least 4 members (excludes halogenated alkanes) is 5. The number of halogens is 1. The van der Waals surface area contributed by atoms with Gasteiger partial charge in [-0.15, -0.1) is 0 Å². The fourth-order valence-corrected chi connectivity index (χ4v) is 2.48. The van der Waals surface area contributed by atoms with Gasteiger partial charge >= 0.3 is 0 Å². The van der Waals surface area contributed by atoms with Crippen molar-refractivity contribution in [2.45, 2.75) is 57.8 Å². The molecule has 0 aromatic heterocycles. The average Bonchev–Trinajstić information content (AvgIpc) is 2.45. The highest BCUT2D eigenvalue weighted by atomic mass is 79.9. The standard InChI is InChI=1S/C17H22BrNO/c1-2-3-4-5-6-7-8-17(20)16(13-19)14-9-11-15(18)12-10-14/h9-12,16H,2-8H2,1H3. The summed E-state index contributed by atoms with van der Waals surface area (Å²) >= 11 is 3.36. The van der Waals surface area contributed by atoms with Crippen LogP contribution in [0.1, 0.15) is 63.4 Å². The molecule has 0 fully saturated rings. The Morgan fingerprint density at radius 2 is 1.75 bits per heavy atom. The maximum atomic E-state index is 12.1. The molecule has 1 aromatic rings. The van der Waals surface area contributed by atoms with Crippen LogP contribution < -0.4 is 0 Å². The molecule has 0 aliphatic heterocycles. The lowest BCUT2D eigenvalue weighted by molar-refractivity contribution is -0.119. The zero-order valence-electron chi connectivity index (χ0n) is 12.1. The minimum absolute atomic E-state index is 0.0466. The Morgan fingerprint density at radius 1 is 1.15 bits per heavy atom. The number of hydrogen-bond donors (Lipinski definition) is 0. The molecule has 1 rings (SSSR count). The highest BCUT2D eigenvalue weighted by molar-refractivity contribution is 9.10. The van der Waals surface area contributed by atoms with Gasteiger partial charge in [-0.3, -0.25) is 4.79 Å². The molecule has 0 N–H and O–H groups in total. The number of nitrogens with zero attached hydrogens (tertiary/aromatic N) is 1. The average molecular weight is 336 g/mol. The van der Waals surface area contributed by atoms with Crippen molar-refractivity contribution in [1.82, 2.24) is 0 Å². The summed E-state index contributed by atoms with van der Waals surface area (Å²) in [5.74, 6) is -0.566. The van der Waals surface area contributed by atoms with Gasteiger partial charge in [0.15, 0.2) is 5.78 Å². The predicted octanol–water partition coefficient (Wildman–Crippen LogP) is 5.38. The summed E-state index contributed by atoms with van der Waals surface area (Å²) in [5, 5.41) is 9.21. The highest BCUT2D eigenvalue weighted by Crippen LogP contribution is 2.21. The molecule has 20 heavy (non-hydrogen) atoms. The van der Waals surface area contributed by atoms with Crippen LogP contribution in [-0.2, 0) is 4.79 Å². The fourth-order valence-electron chi connectivity index (χ4n) is 2.21. The predicted molar refractivity (Wildman–Crippen MR) is 85.5 cm³/mol. The van der Waals surface area contributed by atoms with Crippen LogP contribution in [0.5, 0.6) is 0 Å². The minimum atomic E-state index is -0.612. The Bertz CT molecular complexity index is 447. The van der Waals surface area contributed by atoms with Gasteiger partial charge in [-0.1, -0.05) is 67.1 Å². The van der Waals surface area contributed by atoms with Gasteiger partial charge in [0.25, 0.3) is 0 Å². The van der Waals surface area contributed by atoms with Crippen LogP contribution in [0.15, 0.2) is 28.7 Å². The molecule has 1 atom stereocenters. The van der Waals surface area contributed by atoms with Gasteiger partial charge in [-0.05, 0) is 24.1 Å². The van der Waals surface area contributed by atoms with Gasteiger partial charge in [0.1, 0.15) is 5.92 Å². The molecular formula is C17H22BrNO. The van der Waals surface area contributed by atoms with E-state index < -0.39 is 5.92 Å². The summed E-state index contributed by atoms with van der Waals surface area (Å²) < 4.78 is 0.960. The summed E-state index contributed by atoms with van der Waals surface area (Å²) in [6, 6.07) is 9.57. The van der Waals surface area contributed by atoms with Gasteiger partial charge < -0.3 is 0 Å². The largest absolute Gasteiger partial charge is 0.298 e. The second kappa shape index (κ2) is 9.72. The molecule has 0 heterocycles. The molecule has 0 amide bonds. The van der Waals surface area contributed by atoms with E-state index >= 15 is 0 Å². The van der Waals surface area contributed by atoms with Crippen LogP contribution >= 0.6 is 15.9 Å². The number of carbonyl (C=O) groups excluding carboxylic acids is 1. The lowest BCUT2D eigenvalue weighted by Gasteiger charge is -2.08. The van der Waals surface area contributed by atoms with Crippen molar-refractivity contribution >= 4 is 21.7 Å². The Balaban J connectivity index is 2.40. The molecule has 1 unspecified atom stereocenters. The highest BCUT2D eigenvalue weighted by Gasteiger charge is 2.19. The van der Waals surface area contributed by atoms with Gasteiger partial charge in [0.2, 0.25) is 0 Å². The second-order valence-electron chi connectivity index (χ2n) is 5.10. The number of hydrogen-bond acceptors (Lipinski definition) is 2. The summed E-state index contributed by atoms with van der Waals surface area (Å²) in [6.07, 6.45) is 7.45. The summed E-state index contributed by atoms with van der Waals surface area (Å²) in [4.78, 5) is 12.1. The Kier molecular flexibility index (Phi) is 8.22. The summed E-state index contributed by atoms with van der Waals surface area (Å²) in [6.45, 7) is 2.19. The molecule has 0 bridgehead atoms. The van der Waals surface area contributed by atoms with Crippen LogP contribution in [0.25, 0.3) is 0 Å². The van der Waals surface area contributed by atoms with E-state index in [9.17, 15) is 10.1 Å². The molecule has 0 spiro atoms. The fraction of sp³-hybridized carbons (Fsp3) is 0.529. The zero-order valence-corrected chi connectivity index (χ0v) is 13.7. The van der Waals surface area contributed by atoms with E-state index in [-0.39, 0.29) is 5.78 Å². The molecule has 0 saturated heterocycles. The molecular weight excluding hydrogens is 314 g/mol. The van der Waals surface area contributed by atoms with Crippen molar-refractivity contribution in [1.29, 1.82) is 5.26 Å². The van der Waals surface area contributed by atoms with Crippen LogP contribution in [0.4, 0.5) is 0 Å². The maximum Gasteiger partial charge on any atom is 0.154 e. The molecule has 3 heteroatoms. The van der Waals surface area contributed by atoms with Crippen molar-refractivity contribution in [3.05, 3.63) is 34.3 Å². The number of benzene rings is 1. The molecule has 1 aromatic carbocycles. The number of Topliss-reactive ketones (excluding diaryl/α,β-unsaturated/α-hetero) is 1. The number of carbonyl (C=O) groups is 1. The third kappa shape index (κ3) is 5.88. The lowest BCUT2D eigenvalue weighted by Crippen LogP contribution is -2.10. The third-order valence-corrected chi connectivity index (χ3v) is 3.96. The van der Waals surface area contributed by atoms with E-state index in [0.29, 0.717) is 6.42 Å². The van der Waals surface area contributed by atoms with E-state index in [0.717, 1.165) is 22.9 Å².